The highest BCUT2D eigenvalue weighted by Gasteiger charge is 2.48. The third kappa shape index (κ3) is 6.75. The molecule has 9 rings (SSSR count). The molecule has 8 heterocycles. The molecule has 0 aromatic carbocycles. The molecular formula is C45H48N6S5. The van der Waals surface area contributed by atoms with Gasteiger partial charge in [-0.2, -0.15) is 8.75 Å². The smallest absolute Gasteiger partial charge is 0.132 e. The van der Waals surface area contributed by atoms with Crippen LogP contribution in [-0.4, -0.2) is 31.8 Å². The van der Waals surface area contributed by atoms with E-state index in [1.807, 2.05) is 22.7 Å². The van der Waals surface area contributed by atoms with Crippen molar-refractivity contribution in [2.24, 2.45) is 21.8 Å². The summed E-state index contributed by atoms with van der Waals surface area (Å²) >= 11 is 8.60. The second kappa shape index (κ2) is 16.4. The van der Waals surface area contributed by atoms with Crippen LogP contribution in [0.25, 0.3) is 62.8 Å². The average Bonchev–Trinajstić information content (AvgIpc) is 4.09. The first-order chi connectivity index (χ1) is 27.6. The molecule has 2 aliphatic rings. The van der Waals surface area contributed by atoms with E-state index in [9.17, 15) is 0 Å². The van der Waals surface area contributed by atoms with Gasteiger partial charge < -0.3 is 0 Å². The van der Waals surface area contributed by atoms with Crippen LogP contribution in [0.4, 0.5) is 0 Å². The summed E-state index contributed by atoms with van der Waals surface area (Å²) in [7, 11) is 0. The minimum absolute atomic E-state index is 0.0767. The zero-order chi connectivity index (χ0) is 38.2. The van der Waals surface area contributed by atoms with Crippen LogP contribution in [0.15, 0.2) is 69.5 Å². The number of unbranched alkanes of at least 4 members (excludes halogenated alkanes) is 2. The van der Waals surface area contributed by atoms with Gasteiger partial charge in [-0.1, -0.05) is 91.2 Å². The van der Waals surface area contributed by atoms with Crippen LogP contribution in [0, 0.1) is 11.8 Å². The van der Waals surface area contributed by atoms with Gasteiger partial charge in [0.2, 0.25) is 0 Å². The number of nitrogens with zero attached hydrogens (tertiary/aromatic N) is 6. The van der Waals surface area contributed by atoms with E-state index in [-0.39, 0.29) is 5.41 Å². The van der Waals surface area contributed by atoms with Gasteiger partial charge in [0, 0.05) is 48.4 Å². The quantitative estimate of drug-likeness (QED) is 0.0972. The maximum absolute atomic E-state index is 5.15. The Kier molecular flexibility index (Phi) is 11.2. The molecule has 0 N–H and O–H groups in total. The fraction of sp³-hybridized carbons (Fsp3) is 0.422. The van der Waals surface area contributed by atoms with Crippen LogP contribution in [0.3, 0.4) is 0 Å². The largest absolute Gasteiger partial charge is 0.280 e. The first-order valence-electron chi connectivity index (χ1n) is 20.4. The van der Waals surface area contributed by atoms with Crippen molar-refractivity contribution in [2.75, 3.05) is 13.1 Å². The second-order valence-electron chi connectivity index (χ2n) is 15.4. The molecule has 0 radical (unpaired) electrons. The van der Waals surface area contributed by atoms with Crippen molar-refractivity contribution in [1.29, 1.82) is 0 Å². The van der Waals surface area contributed by atoms with Crippen LogP contribution >= 0.6 is 57.1 Å². The van der Waals surface area contributed by atoms with Crippen LogP contribution in [0.5, 0.6) is 0 Å². The third-order valence-electron chi connectivity index (χ3n) is 12.1. The lowest BCUT2D eigenvalue weighted by molar-refractivity contribution is 0.266. The Morgan fingerprint density at radius 1 is 0.643 bits per heavy atom. The Hall–Kier alpha value is -3.48. The van der Waals surface area contributed by atoms with E-state index in [0.717, 1.165) is 54.0 Å². The zero-order valence-corrected chi connectivity index (χ0v) is 36.7. The molecule has 7 aromatic heterocycles. The molecule has 0 saturated carbocycles. The van der Waals surface area contributed by atoms with Crippen LogP contribution in [-0.2, 0) is 5.41 Å². The molecule has 0 saturated heterocycles. The van der Waals surface area contributed by atoms with Crippen molar-refractivity contribution in [2.45, 2.75) is 97.3 Å². The Balaban J connectivity index is 1.25. The molecule has 0 bridgehead atoms. The van der Waals surface area contributed by atoms with Crippen molar-refractivity contribution in [3.63, 3.8) is 0 Å². The molecule has 1 aliphatic heterocycles. The summed E-state index contributed by atoms with van der Waals surface area (Å²) in [6.45, 7) is 10.9. The molecular weight excluding hydrogens is 785 g/mol. The molecule has 288 valence electrons. The maximum Gasteiger partial charge on any atom is 0.132 e. The van der Waals surface area contributed by atoms with Gasteiger partial charge >= 0.3 is 0 Å². The number of pyridine rings is 2. The molecule has 0 amide bonds. The molecule has 11 heteroatoms. The summed E-state index contributed by atoms with van der Waals surface area (Å²) in [6, 6.07) is 13.6. The van der Waals surface area contributed by atoms with Gasteiger partial charge in [0.1, 0.15) is 27.8 Å². The Morgan fingerprint density at radius 2 is 1.20 bits per heavy atom. The van der Waals surface area contributed by atoms with E-state index >= 15 is 0 Å². The SMILES string of the molecule is CCCCC(CC)CC1(CC(CC)CCCC)c2cc(-c3cnc(-c4cccs4)c4c3=NCCN=4)sc2-c2sc(-c3cnc(-c4cccs4)c4nsnc34)cc21. The lowest BCUT2D eigenvalue weighted by Crippen LogP contribution is -2.34. The predicted octanol–water partition coefficient (Wildman–Crippen LogP) is 13.1. The minimum Gasteiger partial charge on any atom is -0.280 e. The normalized spacial score (nSPS) is 17.0. The maximum atomic E-state index is 5.15. The number of thiophene rings is 4. The van der Waals surface area contributed by atoms with Crippen molar-refractivity contribution in [3.8, 4) is 51.8 Å². The highest BCUT2D eigenvalue weighted by Crippen LogP contribution is 2.63. The summed E-state index contributed by atoms with van der Waals surface area (Å²) in [5.74, 6) is 1.30. The van der Waals surface area contributed by atoms with Gasteiger partial charge in [0.05, 0.1) is 39.9 Å². The van der Waals surface area contributed by atoms with E-state index in [2.05, 4.69) is 87.2 Å². The van der Waals surface area contributed by atoms with E-state index in [0.29, 0.717) is 24.9 Å². The van der Waals surface area contributed by atoms with E-state index in [4.69, 9.17) is 28.7 Å². The lowest BCUT2D eigenvalue weighted by atomic mass is 9.65. The molecule has 0 spiro atoms. The summed E-state index contributed by atoms with van der Waals surface area (Å²) in [5, 5.41) is 6.18. The summed E-state index contributed by atoms with van der Waals surface area (Å²) in [6.07, 6.45) is 16.5. The Bertz CT molecular complexity index is 2560. The van der Waals surface area contributed by atoms with Gasteiger partial charge in [0.25, 0.3) is 0 Å². The minimum atomic E-state index is -0.0767. The monoisotopic (exact) mass is 832 g/mol. The van der Waals surface area contributed by atoms with Crippen LogP contribution in [0.1, 0.15) is 103 Å². The molecule has 2 unspecified atom stereocenters. The van der Waals surface area contributed by atoms with Gasteiger partial charge in [-0.3, -0.25) is 20.0 Å². The zero-order valence-electron chi connectivity index (χ0n) is 32.6. The molecule has 56 heavy (non-hydrogen) atoms. The Labute approximate surface area is 349 Å². The van der Waals surface area contributed by atoms with E-state index in [1.54, 1.807) is 22.7 Å². The van der Waals surface area contributed by atoms with Gasteiger partial charge in [-0.25, -0.2) is 0 Å². The van der Waals surface area contributed by atoms with Gasteiger partial charge in [0.15, 0.2) is 0 Å². The average molecular weight is 833 g/mol. The molecule has 0 fully saturated rings. The molecule has 1 aliphatic carbocycles. The number of hydrogen-bond acceptors (Lipinski definition) is 11. The number of rotatable bonds is 16. The summed E-state index contributed by atoms with van der Waals surface area (Å²) in [4.78, 5) is 28.0. The number of fused-ring (bicyclic) bond motifs is 5. The first-order valence-corrected chi connectivity index (χ1v) is 24.6. The standard InChI is InChI=1S/C45H48N6S5/c1-5-9-13-27(7-3)23-45(24-28(8-4)14-10-6-2)31-21-35(29-25-48-39(33-15-11-19-52-33)41-37(29)46-17-18-47-41)54-43(31)44-32(45)22-36(55-44)30-26-49-40(34-16-12-20-53-34)42-38(30)50-56-51-42/h11-12,15-16,19-22,25-28H,5-10,13-14,17-18,23-24H2,1-4H3. The molecule has 2 atom stereocenters. The van der Waals surface area contributed by atoms with Crippen molar-refractivity contribution in [3.05, 3.63) is 81.4 Å². The summed E-state index contributed by atoms with van der Waals surface area (Å²) < 4.78 is 9.71. The topological polar surface area (TPSA) is 76.3 Å². The Morgan fingerprint density at radius 3 is 1.79 bits per heavy atom. The highest BCUT2D eigenvalue weighted by atomic mass is 32.1. The third-order valence-corrected chi connectivity index (χ3v) is 16.8. The predicted molar refractivity (Wildman–Crippen MR) is 240 cm³/mol. The van der Waals surface area contributed by atoms with Crippen molar-refractivity contribution < 1.29 is 0 Å². The summed E-state index contributed by atoms with van der Waals surface area (Å²) in [5.41, 5.74) is 8.95. The van der Waals surface area contributed by atoms with E-state index < -0.39 is 0 Å². The fourth-order valence-corrected chi connectivity index (χ4v) is 13.8. The van der Waals surface area contributed by atoms with Crippen LogP contribution in [0.2, 0.25) is 0 Å². The number of hydrogen-bond donors (Lipinski definition) is 0. The van der Waals surface area contributed by atoms with Crippen molar-refractivity contribution >= 4 is 68.1 Å². The first kappa shape index (κ1) is 38.1. The second-order valence-corrected chi connectivity index (χ2v) is 20.0. The number of aromatic nitrogens is 4. The highest BCUT2D eigenvalue weighted by molar-refractivity contribution is 7.26. The van der Waals surface area contributed by atoms with Crippen LogP contribution < -0.4 is 10.7 Å². The molecule has 6 nitrogen and oxygen atoms in total. The fourth-order valence-electron chi connectivity index (χ4n) is 9.08. The van der Waals surface area contributed by atoms with E-state index in [1.165, 1.54) is 107 Å². The lowest BCUT2D eigenvalue weighted by Gasteiger charge is -2.37. The van der Waals surface area contributed by atoms with Gasteiger partial charge in [-0.15, -0.1) is 45.3 Å². The molecule has 7 aromatic rings. The van der Waals surface area contributed by atoms with Crippen molar-refractivity contribution in [1.82, 2.24) is 18.7 Å². The van der Waals surface area contributed by atoms with Gasteiger partial charge in [-0.05, 0) is 70.8 Å².